The van der Waals surface area contributed by atoms with Gasteiger partial charge in [-0.1, -0.05) is 20.3 Å². The summed E-state index contributed by atoms with van der Waals surface area (Å²) in [6, 6.07) is 0. The lowest BCUT2D eigenvalue weighted by Gasteiger charge is -2.44. The smallest absolute Gasteiger partial charge is 0.459 e. The maximum absolute atomic E-state index is 13.1. The van der Waals surface area contributed by atoms with Crippen LogP contribution in [-0.2, 0) is 29.2 Å². The fourth-order valence-electron chi connectivity index (χ4n) is 3.24. The van der Waals surface area contributed by atoms with Gasteiger partial charge < -0.3 is 4.74 Å². The SMILES string of the molecule is CCC(C)C(=O)OC1(C)CCCCC1C(S(=O)(=O)C(F)(F)F)S(=O)(=O)C(F)(F)F. The molecule has 0 aromatic carbocycles. The third-order valence-corrected chi connectivity index (χ3v) is 9.85. The van der Waals surface area contributed by atoms with Gasteiger partial charge in [0.1, 0.15) is 5.60 Å². The maximum atomic E-state index is 13.1. The highest BCUT2D eigenvalue weighted by Crippen LogP contribution is 2.48. The average molecular weight is 476 g/mol. The monoisotopic (exact) mass is 476 g/mol. The van der Waals surface area contributed by atoms with Gasteiger partial charge in [-0.15, -0.1) is 0 Å². The highest BCUT2D eigenvalue weighted by Gasteiger charge is 2.68. The van der Waals surface area contributed by atoms with Crippen LogP contribution in [0.2, 0.25) is 0 Å². The van der Waals surface area contributed by atoms with Gasteiger partial charge in [0, 0.05) is 5.92 Å². The van der Waals surface area contributed by atoms with Gasteiger partial charge in [-0.2, -0.15) is 26.3 Å². The fraction of sp³-hybridized carbons (Fsp3) is 0.933. The summed E-state index contributed by atoms with van der Waals surface area (Å²) in [6.45, 7) is 3.96. The zero-order valence-corrected chi connectivity index (χ0v) is 17.4. The number of halogens is 6. The molecular formula is C15H22F6O6S2. The zero-order valence-electron chi connectivity index (χ0n) is 15.8. The molecule has 0 aromatic rings. The number of rotatable bonds is 6. The van der Waals surface area contributed by atoms with E-state index in [4.69, 9.17) is 4.74 Å². The Morgan fingerprint density at radius 2 is 1.48 bits per heavy atom. The Morgan fingerprint density at radius 3 is 1.86 bits per heavy atom. The molecule has 3 unspecified atom stereocenters. The van der Waals surface area contributed by atoms with E-state index in [0.717, 1.165) is 6.92 Å². The highest BCUT2D eigenvalue weighted by molar-refractivity contribution is 8.09. The molecule has 0 saturated heterocycles. The van der Waals surface area contributed by atoms with E-state index in [1.165, 1.54) is 6.92 Å². The van der Waals surface area contributed by atoms with Gasteiger partial charge in [-0.25, -0.2) is 16.8 Å². The van der Waals surface area contributed by atoms with E-state index in [2.05, 4.69) is 0 Å². The van der Waals surface area contributed by atoms with E-state index < -0.39 is 65.1 Å². The Labute approximate surface area is 164 Å². The van der Waals surface area contributed by atoms with E-state index in [9.17, 15) is 48.0 Å². The minimum atomic E-state index is -6.81. The topological polar surface area (TPSA) is 94.6 Å². The van der Waals surface area contributed by atoms with Gasteiger partial charge in [0.2, 0.25) is 0 Å². The molecule has 0 N–H and O–H groups in total. The lowest BCUT2D eigenvalue weighted by atomic mass is 9.77. The molecule has 172 valence electrons. The molecule has 1 aliphatic carbocycles. The lowest BCUT2D eigenvalue weighted by Crippen LogP contribution is -2.57. The first-order chi connectivity index (χ1) is 12.8. The first-order valence-corrected chi connectivity index (χ1v) is 11.8. The van der Waals surface area contributed by atoms with Crippen LogP contribution in [0.4, 0.5) is 26.3 Å². The Morgan fingerprint density at radius 1 is 1.03 bits per heavy atom. The zero-order chi connectivity index (χ0) is 23.1. The van der Waals surface area contributed by atoms with Crippen LogP contribution >= 0.6 is 0 Å². The minimum absolute atomic E-state index is 0.0294. The third kappa shape index (κ3) is 5.00. The Kier molecular flexibility index (Phi) is 7.38. The predicted molar refractivity (Wildman–Crippen MR) is 89.6 cm³/mol. The van der Waals surface area contributed by atoms with E-state index in [1.54, 1.807) is 6.92 Å². The number of esters is 1. The van der Waals surface area contributed by atoms with E-state index in [1.807, 2.05) is 0 Å². The molecule has 0 radical (unpaired) electrons. The number of sulfone groups is 2. The van der Waals surface area contributed by atoms with Gasteiger partial charge in [0.25, 0.3) is 19.7 Å². The largest absolute Gasteiger partial charge is 0.498 e. The highest BCUT2D eigenvalue weighted by atomic mass is 32.3. The summed E-state index contributed by atoms with van der Waals surface area (Å²) in [7, 11) is -13.6. The predicted octanol–water partition coefficient (Wildman–Crippen LogP) is 3.72. The van der Waals surface area contributed by atoms with Crippen LogP contribution in [0, 0.1) is 11.8 Å². The summed E-state index contributed by atoms with van der Waals surface area (Å²) >= 11 is 0. The molecule has 0 amide bonds. The van der Waals surface area contributed by atoms with Crippen LogP contribution < -0.4 is 0 Å². The molecule has 1 aliphatic rings. The molecule has 0 aromatic heterocycles. The van der Waals surface area contributed by atoms with Crippen molar-refractivity contribution in [1.82, 2.24) is 0 Å². The Hall–Kier alpha value is -1.05. The van der Waals surface area contributed by atoms with E-state index >= 15 is 0 Å². The Balaban J connectivity index is 3.67. The molecule has 0 spiro atoms. The number of alkyl halides is 6. The van der Waals surface area contributed by atoms with Crippen molar-refractivity contribution in [2.24, 2.45) is 11.8 Å². The molecule has 1 saturated carbocycles. The second kappa shape index (κ2) is 8.23. The van der Waals surface area contributed by atoms with E-state index in [-0.39, 0.29) is 25.7 Å². The van der Waals surface area contributed by atoms with Crippen LogP contribution in [0.25, 0.3) is 0 Å². The van der Waals surface area contributed by atoms with Crippen molar-refractivity contribution >= 4 is 25.6 Å². The van der Waals surface area contributed by atoms with Crippen LogP contribution in [0.3, 0.4) is 0 Å². The van der Waals surface area contributed by atoms with Crippen molar-refractivity contribution in [3.05, 3.63) is 0 Å². The number of ether oxygens (including phenoxy) is 1. The molecule has 3 atom stereocenters. The summed E-state index contributed by atoms with van der Waals surface area (Å²) in [5.74, 6) is -3.98. The third-order valence-electron chi connectivity index (χ3n) is 5.16. The lowest BCUT2D eigenvalue weighted by molar-refractivity contribution is -0.172. The first-order valence-electron chi connectivity index (χ1n) is 8.66. The van der Waals surface area contributed by atoms with Gasteiger partial charge in [0.15, 0.2) is 4.58 Å². The van der Waals surface area contributed by atoms with Crippen molar-refractivity contribution in [3.63, 3.8) is 0 Å². The molecule has 6 nitrogen and oxygen atoms in total. The number of carbonyl (C=O) groups is 1. The summed E-state index contributed by atoms with van der Waals surface area (Å²) in [6.07, 6.45) is -0.481. The molecule has 1 rings (SSSR count). The number of hydrogen-bond donors (Lipinski definition) is 0. The quantitative estimate of drug-likeness (QED) is 0.429. The standard InChI is InChI=1S/C15H22F6O6S2/c1-4-9(2)11(22)27-13(3)8-6-5-7-10(13)12(28(23,24)14(16,17)18)29(25,26)15(19,20)21/h9-10,12H,4-8H2,1-3H3. The number of carbonyl (C=O) groups excluding carboxylic acids is 1. The molecule has 0 bridgehead atoms. The van der Waals surface area contributed by atoms with Gasteiger partial charge in [0.05, 0.1) is 5.92 Å². The van der Waals surface area contributed by atoms with Crippen LogP contribution in [0.1, 0.15) is 52.9 Å². The number of hydrogen-bond acceptors (Lipinski definition) is 6. The van der Waals surface area contributed by atoms with Crippen LogP contribution in [-0.4, -0.2) is 44.0 Å². The summed E-state index contributed by atoms with van der Waals surface area (Å²) in [5.41, 5.74) is -14.6. The molecule has 14 heteroatoms. The summed E-state index contributed by atoms with van der Waals surface area (Å²) in [4.78, 5) is 12.1. The minimum Gasteiger partial charge on any atom is -0.459 e. The molecule has 29 heavy (non-hydrogen) atoms. The second-order valence-corrected chi connectivity index (χ2v) is 11.7. The van der Waals surface area contributed by atoms with Crippen molar-refractivity contribution in [2.75, 3.05) is 0 Å². The van der Waals surface area contributed by atoms with Crippen molar-refractivity contribution in [3.8, 4) is 0 Å². The first kappa shape index (κ1) is 26.0. The van der Waals surface area contributed by atoms with Crippen molar-refractivity contribution in [1.29, 1.82) is 0 Å². The van der Waals surface area contributed by atoms with Crippen molar-refractivity contribution < 1.29 is 52.7 Å². The van der Waals surface area contributed by atoms with Crippen LogP contribution in [0.5, 0.6) is 0 Å². The van der Waals surface area contributed by atoms with E-state index in [0.29, 0.717) is 0 Å². The Bertz CT molecular complexity index is 773. The van der Waals surface area contributed by atoms with Gasteiger partial charge in [-0.05, 0) is 32.6 Å². The van der Waals surface area contributed by atoms with Crippen molar-refractivity contribution in [2.45, 2.75) is 74.1 Å². The fourth-order valence-corrected chi connectivity index (χ4v) is 7.47. The maximum Gasteiger partial charge on any atom is 0.498 e. The normalized spacial score (nSPS) is 25.7. The molecule has 0 heterocycles. The van der Waals surface area contributed by atoms with Crippen LogP contribution in [0.15, 0.2) is 0 Å². The van der Waals surface area contributed by atoms with Gasteiger partial charge >= 0.3 is 17.0 Å². The summed E-state index contributed by atoms with van der Waals surface area (Å²) in [5, 5.41) is 0. The molecular weight excluding hydrogens is 454 g/mol. The second-order valence-electron chi connectivity index (χ2n) is 7.25. The molecule has 0 aliphatic heterocycles. The van der Waals surface area contributed by atoms with Gasteiger partial charge in [-0.3, -0.25) is 4.79 Å². The summed E-state index contributed by atoms with van der Waals surface area (Å²) < 4.78 is 128. The molecule has 1 fully saturated rings. The average Bonchev–Trinajstić information content (AvgIpc) is 2.53.